The Bertz CT molecular complexity index is 611. The molecule has 0 radical (unpaired) electrons. The molecular formula is C15H22N4O3. The van der Waals surface area contributed by atoms with Crippen molar-refractivity contribution in [2.75, 3.05) is 26.2 Å². The number of aromatic nitrogens is 2. The van der Waals surface area contributed by atoms with E-state index in [2.05, 4.69) is 5.10 Å². The SMILES string of the molecule is CCCn1nc(C(=O)N2CCCN(C(C)=O)CC2)ccc1=O. The van der Waals surface area contributed by atoms with Crippen LogP contribution >= 0.6 is 0 Å². The standard InChI is InChI=1S/C15H22N4O3/c1-3-7-19-14(21)6-5-13(16-19)15(22)18-9-4-8-17(10-11-18)12(2)20/h5-6H,3-4,7-11H2,1-2H3. The minimum absolute atomic E-state index is 0.0314. The van der Waals surface area contributed by atoms with Gasteiger partial charge in [-0.1, -0.05) is 6.92 Å². The summed E-state index contributed by atoms with van der Waals surface area (Å²) in [6, 6.07) is 2.86. The second-order valence-corrected chi connectivity index (χ2v) is 5.43. The zero-order valence-electron chi connectivity index (χ0n) is 13.1. The summed E-state index contributed by atoms with van der Waals surface area (Å²) >= 11 is 0. The first-order valence-electron chi connectivity index (χ1n) is 7.66. The fraction of sp³-hybridized carbons (Fsp3) is 0.600. The van der Waals surface area contributed by atoms with E-state index < -0.39 is 0 Å². The van der Waals surface area contributed by atoms with Crippen molar-refractivity contribution in [3.05, 3.63) is 28.2 Å². The van der Waals surface area contributed by atoms with Gasteiger partial charge in [0.1, 0.15) is 5.69 Å². The van der Waals surface area contributed by atoms with Crippen LogP contribution in [0, 0.1) is 0 Å². The average molecular weight is 306 g/mol. The molecule has 0 aromatic carbocycles. The van der Waals surface area contributed by atoms with E-state index in [1.165, 1.54) is 16.8 Å². The van der Waals surface area contributed by atoms with Gasteiger partial charge >= 0.3 is 0 Å². The maximum absolute atomic E-state index is 12.5. The number of nitrogens with zero attached hydrogens (tertiary/aromatic N) is 4. The molecule has 2 heterocycles. The van der Waals surface area contributed by atoms with Gasteiger partial charge in [-0.3, -0.25) is 14.4 Å². The Hall–Kier alpha value is -2.18. The van der Waals surface area contributed by atoms with Crippen molar-refractivity contribution in [2.45, 2.75) is 33.2 Å². The van der Waals surface area contributed by atoms with Gasteiger partial charge in [-0.25, -0.2) is 4.68 Å². The molecule has 1 saturated heterocycles. The van der Waals surface area contributed by atoms with Crippen LogP contribution < -0.4 is 5.56 Å². The highest BCUT2D eigenvalue weighted by molar-refractivity contribution is 5.92. The van der Waals surface area contributed by atoms with Gasteiger partial charge in [-0.05, 0) is 18.9 Å². The van der Waals surface area contributed by atoms with Gasteiger partial charge in [0.2, 0.25) is 5.91 Å². The molecule has 120 valence electrons. The topological polar surface area (TPSA) is 75.5 Å². The Morgan fingerprint density at radius 2 is 1.82 bits per heavy atom. The highest BCUT2D eigenvalue weighted by atomic mass is 16.2. The van der Waals surface area contributed by atoms with E-state index in [0.29, 0.717) is 32.7 Å². The van der Waals surface area contributed by atoms with E-state index >= 15 is 0 Å². The Balaban J connectivity index is 2.12. The van der Waals surface area contributed by atoms with Crippen molar-refractivity contribution in [2.24, 2.45) is 0 Å². The number of amides is 2. The summed E-state index contributed by atoms with van der Waals surface area (Å²) < 4.78 is 1.33. The molecule has 22 heavy (non-hydrogen) atoms. The van der Waals surface area contributed by atoms with Crippen molar-refractivity contribution >= 4 is 11.8 Å². The summed E-state index contributed by atoms with van der Waals surface area (Å²) in [4.78, 5) is 39.1. The molecule has 2 amide bonds. The molecule has 1 fully saturated rings. The summed E-state index contributed by atoms with van der Waals surface area (Å²) in [5, 5.41) is 4.15. The number of aryl methyl sites for hydroxylation is 1. The van der Waals surface area contributed by atoms with Crippen LogP contribution in [0.15, 0.2) is 16.9 Å². The Kier molecular flexibility index (Phi) is 5.30. The largest absolute Gasteiger partial charge is 0.341 e. The molecule has 1 aromatic heterocycles. The molecule has 7 heteroatoms. The van der Waals surface area contributed by atoms with Gasteiger partial charge in [-0.2, -0.15) is 5.10 Å². The van der Waals surface area contributed by atoms with Gasteiger partial charge in [0.05, 0.1) is 0 Å². The van der Waals surface area contributed by atoms with Gasteiger partial charge < -0.3 is 9.80 Å². The van der Waals surface area contributed by atoms with Gasteiger partial charge in [-0.15, -0.1) is 0 Å². The number of hydrogen-bond acceptors (Lipinski definition) is 4. The number of hydrogen-bond donors (Lipinski definition) is 0. The molecule has 0 N–H and O–H groups in total. The zero-order valence-corrected chi connectivity index (χ0v) is 13.1. The second kappa shape index (κ2) is 7.20. The van der Waals surface area contributed by atoms with Gasteiger partial charge in [0.25, 0.3) is 11.5 Å². The first-order valence-corrected chi connectivity index (χ1v) is 7.66. The minimum Gasteiger partial charge on any atom is -0.341 e. The number of carbonyl (C=O) groups excluding carboxylic acids is 2. The van der Waals surface area contributed by atoms with Crippen LogP contribution in [-0.2, 0) is 11.3 Å². The first-order chi connectivity index (χ1) is 10.5. The highest BCUT2D eigenvalue weighted by Gasteiger charge is 2.22. The maximum Gasteiger partial charge on any atom is 0.274 e. The van der Waals surface area contributed by atoms with E-state index in [9.17, 15) is 14.4 Å². The summed E-state index contributed by atoms with van der Waals surface area (Å²) in [5.41, 5.74) is 0.0846. The van der Waals surface area contributed by atoms with Crippen molar-refractivity contribution in [1.82, 2.24) is 19.6 Å². The lowest BCUT2D eigenvalue weighted by molar-refractivity contribution is -0.128. The van der Waals surface area contributed by atoms with E-state index in [-0.39, 0.29) is 23.1 Å². The summed E-state index contributed by atoms with van der Waals surface area (Å²) in [6.07, 6.45) is 1.53. The molecule has 0 saturated carbocycles. The lowest BCUT2D eigenvalue weighted by Gasteiger charge is -2.21. The average Bonchev–Trinajstić information content (AvgIpc) is 2.75. The Morgan fingerprint density at radius 3 is 2.50 bits per heavy atom. The van der Waals surface area contributed by atoms with Crippen LogP contribution in [0.4, 0.5) is 0 Å². The third-order valence-electron chi connectivity index (χ3n) is 3.75. The van der Waals surface area contributed by atoms with Crippen molar-refractivity contribution < 1.29 is 9.59 Å². The molecule has 1 aromatic rings. The lowest BCUT2D eigenvalue weighted by atomic mass is 10.3. The molecule has 1 aliphatic rings. The normalized spacial score (nSPS) is 15.5. The predicted octanol–water partition coefficient (Wildman–Crippen LogP) is 0.348. The first kappa shape index (κ1) is 16.2. The Morgan fingerprint density at radius 1 is 1.14 bits per heavy atom. The lowest BCUT2D eigenvalue weighted by Crippen LogP contribution is -2.37. The molecule has 2 rings (SSSR count). The third-order valence-corrected chi connectivity index (χ3v) is 3.75. The van der Waals surface area contributed by atoms with Crippen molar-refractivity contribution in [3.8, 4) is 0 Å². The van der Waals surface area contributed by atoms with Crippen LogP contribution in [0.25, 0.3) is 0 Å². The highest BCUT2D eigenvalue weighted by Crippen LogP contribution is 2.07. The van der Waals surface area contributed by atoms with Crippen molar-refractivity contribution in [3.63, 3.8) is 0 Å². The fourth-order valence-electron chi connectivity index (χ4n) is 2.53. The third kappa shape index (κ3) is 3.72. The molecule has 0 bridgehead atoms. The van der Waals surface area contributed by atoms with Crippen molar-refractivity contribution in [1.29, 1.82) is 0 Å². The van der Waals surface area contributed by atoms with Crippen LogP contribution in [0.3, 0.4) is 0 Å². The van der Waals surface area contributed by atoms with Crippen LogP contribution in [-0.4, -0.2) is 57.6 Å². The fourth-order valence-corrected chi connectivity index (χ4v) is 2.53. The number of rotatable bonds is 3. The quantitative estimate of drug-likeness (QED) is 0.807. The van der Waals surface area contributed by atoms with Crippen LogP contribution in [0.2, 0.25) is 0 Å². The maximum atomic E-state index is 12.5. The summed E-state index contributed by atoms with van der Waals surface area (Å²) in [6.45, 7) is 6.28. The van der Waals surface area contributed by atoms with Gasteiger partial charge in [0.15, 0.2) is 0 Å². The van der Waals surface area contributed by atoms with E-state index in [4.69, 9.17) is 0 Å². The second-order valence-electron chi connectivity index (χ2n) is 5.43. The van der Waals surface area contributed by atoms with E-state index in [0.717, 1.165) is 12.8 Å². The summed E-state index contributed by atoms with van der Waals surface area (Å²) in [5.74, 6) is -0.154. The zero-order chi connectivity index (χ0) is 16.1. The molecule has 1 aliphatic heterocycles. The van der Waals surface area contributed by atoms with Crippen LogP contribution in [0.5, 0.6) is 0 Å². The van der Waals surface area contributed by atoms with Gasteiger partial charge in [0, 0.05) is 45.7 Å². The molecule has 0 spiro atoms. The molecular weight excluding hydrogens is 284 g/mol. The molecule has 7 nitrogen and oxygen atoms in total. The Labute approximate surface area is 129 Å². The predicted molar refractivity (Wildman–Crippen MR) is 81.6 cm³/mol. The van der Waals surface area contributed by atoms with E-state index in [1.807, 2.05) is 6.92 Å². The van der Waals surface area contributed by atoms with E-state index in [1.54, 1.807) is 16.7 Å². The molecule has 0 aliphatic carbocycles. The summed E-state index contributed by atoms with van der Waals surface area (Å²) in [7, 11) is 0. The molecule has 0 atom stereocenters. The monoisotopic (exact) mass is 306 g/mol. The number of carbonyl (C=O) groups is 2. The smallest absolute Gasteiger partial charge is 0.274 e. The molecule has 0 unspecified atom stereocenters. The minimum atomic E-state index is -0.197. The van der Waals surface area contributed by atoms with Crippen LogP contribution in [0.1, 0.15) is 37.2 Å².